The molecule has 0 bridgehead atoms. The maximum absolute atomic E-state index is 12.5. The predicted octanol–water partition coefficient (Wildman–Crippen LogP) is 3.30. The first kappa shape index (κ1) is 16.0. The third kappa shape index (κ3) is 3.27. The fraction of sp³-hybridized carbons (Fsp3) is 0.333. The van der Waals surface area contributed by atoms with Crippen molar-refractivity contribution in [2.45, 2.75) is 32.2 Å². The summed E-state index contributed by atoms with van der Waals surface area (Å²) in [4.78, 5) is 24.4. The largest absolute Gasteiger partial charge is 0.467 e. The van der Waals surface area contributed by atoms with Gasteiger partial charge in [0, 0.05) is 5.56 Å². The summed E-state index contributed by atoms with van der Waals surface area (Å²) in [7, 11) is 1.33. The number of rotatable bonds is 5. The Hall–Kier alpha value is -2.36. The first-order chi connectivity index (χ1) is 10.5. The van der Waals surface area contributed by atoms with Crippen LogP contribution in [-0.2, 0) is 9.53 Å². The third-order valence-corrected chi connectivity index (χ3v) is 3.79. The number of hydrogen-bond donors (Lipinski definition) is 1. The summed E-state index contributed by atoms with van der Waals surface area (Å²) in [6, 6.07) is 13.3. The number of nitrogens with one attached hydrogen (secondary N) is 1. The molecule has 0 fully saturated rings. The van der Waals surface area contributed by atoms with Gasteiger partial charge in [-0.3, -0.25) is 4.79 Å². The molecule has 0 aliphatic rings. The predicted molar refractivity (Wildman–Crippen MR) is 86.7 cm³/mol. The van der Waals surface area contributed by atoms with E-state index in [1.807, 2.05) is 43.3 Å². The van der Waals surface area contributed by atoms with Crippen molar-refractivity contribution < 1.29 is 14.3 Å². The fourth-order valence-corrected chi connectivity index (χ4v) is 2.59. The number of esters is 1. The van der Waals surface area contributed by atoms with E-state index < -0.39 is 11.5 Å². The second-order valence-electron chi connectivity index (χ2n) is 5.59. The lowest BCUT2D eigenvalue weighted by atomic mass is 9.95. The van der Waals surface area contributed by atoms with Gasteiger partial charge in [-0.15, -0.1) is 0 Å². The van der Waals surface area contributed by atoms with E-state index in [0.717, 1.165) is 17.2 Å². The van der Waals surface area contributed by atoms with Gasteiger partial charge in [0.05, 0.1) is 7.11 Å². The highest BCUT2D eigenvalue weighted by atomic mass is 16.5. The highest BCUT2D eigenvalue weighted by Crippen LogP contribution is 2.18. The van der Waals surface area contributed by atoms with Gasteiger partial charge in [-0.05, 0) is 36.2 Å². The molecular formula is C18H21NO3. The molecule has 4 heteroatoms. The average molecular weight is 299 g/mol. The molecule has 1 amide bonds. The van der Waals surface area contributed by atoms with E-state index in [-0.39, 0.29) is 5.91 Å². The molecular weight excluding hydrogens is 278 g/mol. The molecule has 0 aromatic heterocycles. The topological polar surface area (TPSA) is 55.4 Å². The minimum atomic E-state index is -1.01. The molecule has 2 aromatic rings. The number of carbonyl (C=O) groups is 2. The summed E-state index contributed by atoms with van der Waals surface area (Å²) in [5.74, 6) is -0.699. The lowest BCUT2D eigenvalue weighted by Crippen LogP contribution is -2.52. The van der Waals surface area contributed by atoms with E-state index >= 15 is 0 Å². The number of fused-ring (bicyclic) bond motifs is 1. The Morgan fingerprint density at radius 2 is 1.82 bits per heavy atom. The number of amides is 1. The van der Waals surface area contributed by atoms with Crippen LogP contribution in [0.4, 0.5) is 0 Å². The zero-order chi connectivity index (χ0) is 16.2. The summed E-state index contributed by atoms with van der Waals surface area (Å²) in [6.45, 7) is 3.66. The first-order valence-corrected chi connectivity index (χ1v) is 7.40. The molecule has 2 rings (SSSR count). The Labute approximate surface area is 130 Å². The van der Waals surface area contributed by atoms with Crippen molar-refractivity contribution in [2.24, 2.45) is 0 Å². The van der Waals surface area contributed by atoms with Crippen LogP contribution in [0.2, 0.25) is 0 Å². The Kier molecular flexibility index (Phi) is 4.81. The standard InChI is InChI=1S/C18H21NO3/c1-4-11-18(2,17(21)22-3)19-16(20)15-10-9-13-7-5-6-8-14(13)12-15/h5-10,12H,4,11H2,1-3H3,(H,19,20). The van der Waals surface area contributed by atoms with Crippen LogP contribution in [0.25, 0.3) is 10.8 Å². The van der Waals surface area contributed by atoms with E-state index in [1.165, 1.54) is 7.11 Å². The zero-order valence-electron chi connectivity index (χ0n) is 13.2. The lowest BCUT2D eigenvalue weighted by Gasteiger charge is -2.27. The molecule has 0 spiro atoms. The molecule has 1 unspecified atom stereocenters. The van der Waals surface area contributed by atoms with Crippen LogP contribution in [0, 0.1) is 0 Å². The molecule has 2 aromatic carbocycles. The van der Waals surface area contributed by atoms with Crippen molar-refractivity contribution in [3.63, 3.8) is 0 Å². The summed E-state index contributed by atoms with van der Waals surface area (Å²) in [5.41, 5.74) is -0.475. The van der Waals surface area contributed by atoms with Crippen LogP contribution in [0.3, 0.4) is 0 Å². The van der Waals surface area contributed by atoms with Crippen LogP contribution in [0.1, 0.15) is 37.0 Å². The maximum Gasteiger partial charge on any atom is 0.331 e. The van der Waals surface area contributed by atoms with Crippen LogP contribution >= 0.6 is 0 Å². The second kappa shape index (κ2) is 6.60. The molecule has 0 aliphatic carbocycles. The minimum Gasteiger partial charge on any atom is -0.467 e. The Bertz CT molecular complexity index is 696. The summed E-state index contributed by atoms with van der Waals surface area (Å²) >= 11 is 0. The molecule has 22 heavy (non-hydrogen) atoms. The van der Waals surface area contributed by atoms with E-state index in [2.05, 4.69) is 5.32 Å². The van der Waals surface area contributed by atoms with Gasteiger partial charge in [0.25, 0.3) is 5.91 Å². The smallest absolute Gasteiger partial charge is 0.331 e. The fourth-order valence-electron chi connectivity index (χ4n) is 2.59. The molecule has 0 radical (unpaired) electrons. The normalized spacial score (nSPS) is 13.4. The highest BCUT2D eigenvalue weighted by Gasteiger charge is 2.35. The maximum atomic E-state index is 12.5. The van der Waals surface area contributed by atoms with E-state index in [1.54, 1.807) is 13.0 Å². The van der Waals surface area contributed by atoms with Crippen LogP contribution in [0.5, 0.6) is 0 Å². The Morgan fingerprint density at radius 1 is 1.14 bits per heavy atom. The van der Waals surface area contributed by atoms with Gasteiger partial charge < -0.3 is 10.1 Å². The number of ether oxygens (including phenoxy) is 1. The van der Waals surface area contributed by atoms with Gasteiger partial charge in [-0.2, -0.15) is 0 Å². The molecule has 1 atom stereocenters. The zero-order valence-corrected chi connectivity index (χ0v) is 13.2. The van der Waals surface area contributed by atoms with E-state index in [0.29, 0.717) is 12.0 Å². The van der Waals surface area contributed by atoms with Gasteiger partial charge >= 0.3 is 5.97 Å². The third-order valence-electron chi connectivity index (χ3n) is 3.79. The highest BCUT2D eigenvalue weighted by molar-refractivity contribution is 6.01. The van der Waals surface area contributed by atoms with E-state index in [4.69, 9.17) is 4.74 Å². The lowest BCUT2D eigenvalue weighted by molar-refractivity contribution is -0.147. The monoisotopic (exact) mass is 299 g/mol. The quantitative estimate of drug-likeness (QED) is 0.862. The number of benzene rings is 2. The molecule has 0 heterocycles. The van der Waals surface area contributed by atoms with Gasteiger partial charge in [0.2, 0.25) is 0 Å². The molecule has 0 saturated carbocycles. The van der Waals surface area contributed by atoms with Crippen molar-refractivity contribution in [3.8, 4) is 0 Å². The second-order valence-corrected chi connectivity index (χ2v) is 5.59. The van der Waals surface area contributed by atoms with Crippen LogP contribution in [-0.4, -0.2) is 24.5 Å². The minimum absolute atomic E-state index is 0.271. The Balaban J connectivity index is 2.26. The molecule has 4 nitrogen and oxygen atoms in total. The van der Waals surface area contributed by atoms with Crippen LogP contribution in [0.15, 0.2) is 42.5 Å². The molecule has 0 saturated heterocycles. The first-order valence-electron chi connectivity index (χ1n) is 7.40. The Morgan fingerprint density at radius 3 is 2.45 bits per heavy atom. The van der Waals surface area contributed by atoms with Crippen molar-refractivity contribution in [2.75, 3.05) is 7.11 Å². The van der Waals surface area contributed by atoms with Crippen molar-refractivity contribution in [3.05, 3.63) is 48.0 Å². The number of hydrogen-bond acceptors (Lipinski definition) is 3. The van der Waals surface area contributed by atoms with Gasteiger partial charge in [0.15, 0.2) is 0 Å². The average Bonchev–Trinajstić information content (AvgIpc) is 2.53. The summed E-state index contributed by atoms with van der Waals surface area (Å²) in [6.07, 6.45) is 1.29. The molecule has 116 valence electrons. The van der Waals surface area contributed by atoms with Gasteiger partial charge in [-0.25, -0.2) is 4.79 Å². The summed E-state index contributed by atoms with van der Waals surface area (Å²) < 4.78 is 4.82. The summed E-state index contributed by atoms with van der Waals surface area (Å²) in [5, 5.41) is 4.88. The van der Waals surface area contributed by atoms with Gasteiger partial charge in [0.1, 0.15) is 5.54 Å². The van der Waals surface area contributed by atoms with Crippen LogP contribution < -0.4 is 5.32 Å². The van der Waals surface area contributed by atoms with Crippen molar-refractivity contribution in [1.82, 2.24) is 5.32 Å². The SMILES string of the molecule is CCCC(C)(NC(=O)c1ccc2ccccc2c1)C(=O)OC. The van der Waals surface area contributed by atoms with Crippen molar-refractivity contribution in [1.29, 1.82) is 0 Å². The molecule has 0 aliphatic heterocycles. The molecule has 1 N–H and O–H groups in total. The van der Waals surface area contributed by atoms with Crippen molar-refractivity contribution >= 4 is 22.6 Å². The van der Waals surface area contributed by atoms with Gasteiger partial charge in [-0.1, -0.05) is 43.7 Å². The number of methoxy groups -OCH3 is 1. The number of carbonyl (C=O) groups excluding carboxylic acids is 2. The van der Waals surface area contributed by atoms with E-state index in [9.17, 15) is 9.59 Å².